The van der Waals surface area contributed by atoms with Gasteiger partial charge in [-0.2, -0.15) is 24.5 Å². The number of carbonyl (C=O) groups is 2. The summed E-state index contributed by atoms with van der Waals surface area (Å²) in [5, 5.41) is 11.5. The van der Waals surface area contributed by atoms with Crippen LogP contribution in [0.25, 0.3) is 0 Å². The van der Waals surface area contributed by atoms with E-state index in [9.17, 15) is 18.0 Å². The number of alkyl halides is 3. The third-order valence-electron chi connectivity index (χ3n) is 5.78. The van der Waals surface area contributed by atoms with Gasteiger partial charge in [0.25, 0.3) is 5.91 Å². The zero-order valence-electron chi connectivity index (χ0n) is 16.8. The number of nitrogens with zero attached hydrogens (tertiary/aromatic N) is 3. The lowest BCUT2D eigenvalue weighted by molar-refractivity contribution is -0.192. The fourth-order valence-electron chi connectivity index (χ4n) is 4.01. The number of likely N-dealkylation sites (tertiary alicyclic amines) is 2. The molecule has 0 aliphatic carbocycles. The Hall–Kier alpha value is -2.46. The van der Waals surface area contributed by atoms with Crippen LogP contribution in [0.2, 0.25) is 0 Å². The van der Waals surface area contributed by atoms with Gasteiger partial charge in [-0.25, -0.2) is 4.79 Å². The number of aromatic nitrogens is 1. The summed E-state index contributed by atoms with van der Waals surface area (Å²) in [4.78, 5) is 30.2. The number of rotatable bonds is 3. The van der Waals surface area contributed by atoms with Crippen LogP contribution in [0.15, 0.2) is 41.4 Å². The smallest absolute Gasteiger partial charge is 0.475 e. The largest absolute Gasteiger partial charge is 0.490 e. The van der Waals surface area contributed by atoms with Crippen molar-refractivity contribution in [1.82, 2.24) is 14.8 Å². The molecule has 2 saturated heterocycles. The maximum absolute atomic E-state index is 12.6. The van der Waals surface area contributed by atoms with E-state index in [2.05, 4.69) is 26.7 Å². The van der Waals surface area contributed by atoms with Gasteiger partial charge in [-0.15, -0.1) is 0 Å². The molecule has 1 amide bonds. The van der Waals surface area contributed by atoms with Gasteiger partial charge in [0.05, 0.1) is 5.56 Å². The number of piperidine rings is 1. The fourth-order valence-corrected chi connectivity index (χ4v) is 4.67. The number of carbonyl (C=O) groups excluding carboxylic acids is 1. The topological polar surface area (TPSA) is 73.7 Å². The van der Waals surface area contributed by atoms with Crippen LogP contribution in [0.1, 0.15) is 35.2 Å². The molecule has 168 valence electrons. The van der Waals surface area contributed by atoms with Crippen LogP contribution in [-0.4, -0.2) is 64.1 Å². The van der Waals surface area contributed by atoms with Gasteiger partial charge in [0.1, 0.15) is 0 Å². The average molecular weight is 456 g/mol. The first-order valence-electron chi connectivity index (χ1n) is 9.91. The number of amides is 1. The number of aliphatic carboxylic acids is 1. The summed E-state index contributed by atoms with van der Waals surface area (Å²) in [5.74, 6) is -2.62. The first-order chi connectivity index (χ1) is 14.7. The van der Waals surface area contributed by atoms with Crippen LogP contribution in [-0.2, 0) is 11.3 Å². The van der Waals surface area contributed by atoms with Crippen LogP contribution in [0.5, 0.6) is 0 Å². The highest BCUT2D eigenvalue weighted by Gasteiger charge is 2.42. The van der Waals surface area contributed by atoms with E-state index in [1.54, 1.807) is 23.7 Å². The van der Waals surface area contributed by atoms with Gasteiger partial charge in [-0.1, -0.05) is 0 Å². The lowest BCUT2D eigenvalue weighted by atomic mass is 9.77. The van der Waals surface area contributed by atoms with Crippen LogP contribution in [0, 0.1) is 5.41 Å². The second kappa shape index (κ2) is 9.78. The first-order valence-corrected chi connectivity index (χ1v) is 10.9. The number of carboxylic acid groups (broad SMARTS) is 1. The maximum Gasteiger partial charge on any atom is 0.490 e. The van der Waals surface area contributed by atoms with Crippen molar-refractivity contribution in [1.29, 1.82) is 0 Å². The molecule has 2 aliphatic heterocycles. The van der Waals surface area contributed by atoms with Gasteiger partial charge in [-0.05, 0) is 72.3 Å². The van der Waals surface area contributed by atoms with E-state index in [1.165, 1.54) is 18.4 Å². The number of thiophene rings is 1. The highest BCUT2D eigenvalue weighted by molar-refractivity contribution is 7.07. The van der Waals surface area contributed by atoms with Crippen molar-refractivity contribution in [2.24, 2.45) is 5.41 Å². The van der Waals surface area contributed by atoms with E-state index >= 15 is 0 Å². The Bertz CT molecular complexity index is 867. The van der Waals surface area contributed by atoms with E-state index in [4.69, 9.17) is 9.90 Å². The molecule has 0 bridgehead atoms. The molecule has 2 fully saturated rings. The summed E-state index contributed by atoms with van der Waals surface area (Å²) in [7, 11) is 0. The third kappa shape index (κ3) is 6.27. The quantitative estimate of drug-likeness (QED) is 0.760. The minimum atomic E-state index is -5.08. The van der Waals surface area contributed by atoms with E-state index in [-0.39, 0.29) is 5.91 Å². The summed E-state index contributed by atoms with van der Waals surface area (Å²) in [5.41, 5.74) is 2.48. The average Bonchev–Trinajstić information content (AvgIpc) is 3.40. The van der Waals surface area contributed by atoms with E-state index in [1.807, 2.05) is 17.0 Å². The summed E-state index contributed by atoms with van der Waals surface area (Å²) < 4.78 is 31.7. The second-order valence-electron chi connectivity index (χ2n) is 7.93. The van der Waals surface area contributed by atoms with Gasteiger partial charge in [0.2, 0.25) is 0 Å². The Morgan fingerprint density at radius 2 is 1.84 bits per heavy atom. The van der Waals surface area contributed by atoms with Crippen molar-refractivity contribution < 1.29 is 27.9 Å². The zero-order chi connectivity index (χ0) is 22.5. The molecule has 4 rings (SSSR count). The van der Waals surface area contributed by atoms with Crippen LogP contribution < -0.4 is 0 Å². The third-order valence-corrected chi connectivity index (χ3v) is 6.51. The standard InChI is InChI=1S/C19H23N3OS.C2HF3O2/c23-18(17-2-1-7-20-12-17)22-10-6-19(15-22)4-8-21(9-5-19)13-16-3-11-24-14-16;3-2(4,5)1(6)7/h1-3,7,11-12,14H,4-6,8-10,13,15H2;(H,6,7). The molecule has 6 nitrogen and oxygen atoms in total. The maximum atomic E-state index is 12.6. The summed E-state index contributed by atoms with van der Waals surface area (Å²) in [6.45, 7) is 5.15. The summed E-state index contributed by atoms with van der Waals surface area (Å²) in [6, 6.07) is 5.92. The highest BCUT2D eigenvalue weighted by Crippen LogP contribution is 2.41. The van der Waals surface area contributed by atoms with E-state index < -0.39 is 12.1 Å². The van der Waals surface area contributed by atoms with Crippen molar-refractivity contribution in [2.45, 2.75) is 32.0 Å². The number of halogens is 3. The molecule has 1 N–H and O–H groups in total. The highest BCUT2D eigenvalue weighted by atomic mass is 32.1. The molecule has 2 aromatic heterocycles. The van der Waals surface area contributed by atoms with Gasteiger partial charge < -0.3 is 10.0 Å². The molecule has 10 heteroatoms. The van der Waals surface area contributed by atoms with Gasteiger partial charge in [0, 0.05) is 32.0 Å². The Kier molecular flexibility index (Phi) is 7.32. The molecule has 4 heterocycles. The molecule has 0 atom stereocenters. The lowest BCUT2D eigenvalue weighted by Gasteiger charge is -2.39. The number of hydrogen-bond donors (Lipinski definition) is 1. The van der Waals surface area contributed by atoms with E-state index in [0.717, 1.165) is 39.1 Å². The molecule has 2 aliphatic rings. The predicted molar refractivity (Wildman–Crippen MR) is 110 cm³/mol. The SMILES string of the molecule is O=C(O)C(F)(F)F.O=C(c1cccnc1)N1CCC2(CCN(Cc3ccsc3)CC2)C1. The number of hydrogen-bond acceptors (Lipinski definition) is 5. The molecular weight excluding hydrogens is 431 g/mol. The molecule has 31 heavy (non-hydrogen) atoms. The van der Waals surface area contributed by atoms with Gasteiger partial charge in [-0.3, -0.25) is 14.7 Å². The van der Waals surface area contributed by atoms with Gasteiger partial charge >= 0.3 is 12.1 Å². The minimum Gasteiger partial charge on any atom is -0.475 e. The lowest BCUT2D eigenvalue weighted by Crippen LogP contribution is -2.41. The monoisotopic (exact) mass is 455 g/mol. The normalized spacial score (nSPS) is 18.5. The fraction of sp³-hybridized carbons (Fsp3) is 0.476. The van der Waals surface area contributed by atoms with Crippen LogP contribution in [0.4, 0.5) is 13.2 Å². The molecule has 2 aromatic rings. The summed E-state index contributed by atoms with van der Waals surface area (Å²) in [6.07, 6.45) is 1.86. The van der Waals surface area contributed by atoms with E-state index in [0.29, 0.717) is 11.0 Å². The molecule has 0 aromatic carbocycles. The van der Waals surface area contributed by atoms with Crippen molar-refractivity contribution in [3.63, 3.8) is 0 Å². The minimum absolute atomic E-state index is 0.140. The Morgan fingerprint density at radius 1 is 1.16 bits per heavy atom. The van der Waals surface area contributed by atoms with Crippen molar-refractivity contribution in [3.05, 3.63) is 52.5 Å². The van der Waals surface area contributed by atoms with Crippen molar-refractivity contribution in [2.75, 3.05) is 26.2 Å². The van der Waals surface area contributed by atoms with Crippen LogP contribution >= 0.6 is 11.3 Å². The van der Waals surface area contributed by atoms with Crippen molar-refractivity contribution in [3.8, 4) is 0 Å². The van der Waals surface area contributed by atoms with Crippen molar-refractivity contribution >= 4 is 23.2 Å². The Balaban J connectivity index is 0.000000339. The zero-order valence-corrected chi connectivity index (χ0v) is 17.7. The number of pyridine rings is 1. The van der Waals surface area contributed by atoms with Gasteiger partial charge in [0.15, 0.2) is 0 Å². The molecule has 0 unspecified atom stereocenters. The molecule has 0 radical (unpaired) electrons. The molecular formula is C21H24F3N3O3S. The predicted octanol–water partition coefficient (Wildman–Crippen LogP) is 3.90. The summed E-state index contributed by atoms with van der Waals surface area (Å²) >= 11 is 1.77. The van der Waals surface area contributed by atoms with Crippen LogP contribution in [0.3, 0.4) is 0 Å². The molecule has 1 spiro atoms. The second-order valence-corrected chi connectivity index (χ2v) is 8.71. The Labute approximate surface area is 182 Å². The first kappa shape index (κ1) is 23.2. The molecule has 0 saturated carbocycles. The number of carboxylic acids is 1. The Morgan fingerprint density at radius 3 is 2.39 bits per heavy atom.